The fourth-order valence-corrected chi connectivity index (χ4v) is 6.60. The van der Waals surface area contributed by atoms with Crippen LogP contribution in [-0.4, -0.2) is 67.5 Å². The molecule has 0 aromatic carbocycles. The van der Waals surface area contributed by atoms with Gasteiger partial charge in [-0.1, -0.05) is 0 Å². The van der Waals surface area contributed by atoms with Crippen LogP contribution in [-0.2, 0) is 20.7 Å². The Hall–Kier alpha value is -1.74. The van der Waals surface area contributed by atoms with Gasteiger partial charge in [-0.05, 0) is 50.2 Å². The Morgan fingerprint density at radius 2 is 2.03 bits per heavy atom. The standard InChI is InChI=1S/C23H31N3O4S/c24-20(27)14-29-13-15-1-6-19-21(15)22-18(7-8-25-23(22)31-19)30-17-4-2-16(3-5-17)26-9-11-28-12-10-26/h7-8,15-17H,1-6,9-14H2,(H2,24,27)/t15-,16-,17-/m1/s1. The van der Waals surface area contributed by atoms with Crippen molar-refractivity contribution in [3.63, 3.8) is 0 Å². The van der Waals surface area contributed by atoms with Gasteiger partial charge in [-0.15, -0.1) is 11.3 Å². The van der Waals surface area contributed by atoms with E-state index in [4.69, 9.17) is 19.9 Å². The van der Waals surface area contributed by atoms with Gasteiger partial charge in [0, 0.05) is 36.1 Å². The average Bonchev–Trinajstić information content (AvgIpc) is 3.35. The Balaban J connectivity index is 1.28. The van der Waals surface area contributed by atoms with Crippen molar-refractivity contribution in [3.8, 4) is 5.75 Å². The number of rotatable bonds is 7. The van der Waals surface area contributed by atoms with Gasteiger partial charge in [0.25, 0.3) is 0 Å². The first kappa shape index (κ1) is 21.1. The minimum atomic E-state index is -0.424. The van der Waals surface area contributed by atoms with Crippen molar-refractivity contribution in [1.29, 1.82) is 0 Å². The van der Waals surface area contributed by atoms with Gasteiger partial charge >= 0.3 is 0 Å². The zero-order chi connectivity index (χ0) is 21.2. The van der Waals surface area contributed by atoms with Gasteiger partial charge in [-0.2, -0.15) is 0 Å². The number of fused-ring (bicyclic) bond motifs is 3. The number of carbonyl (C=O) groups excluding carboxylic acids is 1. The molecule has 2 aromatic heterocycles. The van der Waals surface area contributed by atoms with Crippen LogP contribution in [0.5, 0.6) is 5.75 Å². The molecule has 7 nitrogen and oxygen atoms in total. The van der Waals surface area contributed by atoms with Crippen molar-refractivity contribution in [2.24, 2.45) is 5.73 Å². The Morgan fingerprint density at radius 1 is 1.23 bits per heavy atom. The molecule has 0 bridgehead atoms. The van der Waals surface area contributed by atoms with Gasteiger partial charge in [-0.3, -0.25) is 9.69 Å². The molecule has 168 valence electrons. The molecule has 1 saturated carbocycles. The summed E-state index contributed by atoms with van der Waals surface area (Å²) in [5.74, 6) is 0.803. The Bertz CT molecular complexity index is 919. The average molecular weight is 446 g/mol. The minimum absolute atomic E-state index is 0.0259. The van der Waals surface area contributed by atoms with E-state index in [9.17, 15) is 4.79 Å². The molecule has 1 amide bonds. The smallest absolute Gasteiger partial charge is 0.243 e. The molecular weight excluding hydrogens is 414 g/mol. The van der Waals surface area contributed by atoms with E-state index in [-0.39, 0.29) is 18.6 Å². The predicted octanol–water partition coefficient (Wildman–Crippen LogP) is 2.85. The van der Waals surface area contributed by atoms with E-state index in [1.165, 1.54) is 23.3 Å². The number of aryl methyl sites for hydroxylation is 1. The zero-order valence-electron chi connectivity index (χ0n) is 17.9. The SMILES string of the molecule is NC(=O)COC[C@H]1CCc2sc3nccc(O[C@H]4CC[C@H](N5CCOCC5)CC4)c3c21. The molecule has 2 aliphatic carbocycles. The fourth-order valence-electron chi connectivity index (χ4n) is 5.35. The summed E-state index contributed by atoms with van der Waals surface area (Å²) in [5.41, 5.74) is 6.54. The summed E-state index contributed by atoms with van der Waals surface area (Å²) in [4.78, 5) is 20.7. The number of primary amides is 1. The molecule has 1 aliphatic heterocycles. The molecule has 0 radical (unpaired) electrons. The van der Waals surface area contributed by atoms with Gasteiger partial charge in [0.15, 0.2) is 0 Å². The maximum Gasteiger partial charge on any atom is 0.243 e. The lowest BCUT2D eigenvalue weighted by Gasteiger charge is -2.38. The highest BCUT2D eigenvalue weighted by atomic mass is 32.1. The number of carbonyl (C=O) groups is 1. The van der Waals surface area contributed by atoms with E-state index in [1.807, 2.05) is 12.3 Å². The van der Waals surface area contributed by atoms with Crippen LogP contribution in [0.2, 0.25) is 0 Å². The zero-order valence-corrected chi connectivity index (χ0v) is 18.7. The lowest BCUT2D eigenvalue weighted by atomic mass is 9.91. The number of hydrogen-bond donors (Lipinski definition) is 1. The third-order valence-electron chi connectivity index (χ3n) is 6.86. The van der Waals surface area contributed by atoms with Gasteiger partial charge in [0.1, 0.15) is 17.2 Å². The van der Waals surface area contributed by atoms with E-state index < -0.39 is 5.91 Å². The predicted molar refractivity (Wildman–Crippen MR) is 120 cm³/mol. The number of nitrogens with zero attached hydrogens (tertiary/aromatic N) is 2. The molecule has 0 unspecified atom stereocenters. The van der Waals surface area contributed by atoms with Crippen molar-refractivity contribution in [3.05, 3.63) is 22.7 Å². The Morgan fingerprint density at radius 3 is 2.81 bits per heavy atom. The summed E-state index contributed by atoms with van der Waals surface area (Å²) in [6, 6.07) is 2.68. The van der Waals surface area contributed by atoms with E-state index in [0.29, 0.717) is 12.6 Å². The van der Waals surface area contributed by atoms with E-state index in [0.717, 1.165) is 68.0 Å². The van der Waals surface area contributed by atoms with E-state index in [1.54, 1.807) is 11.3 Å². The van der Waals surface area contributed by atoms with Crippen LogP contribution in [0, 0.1) is 0 Å². The topological polar surface area (TPSA) is 86.9 Å². The fraction of sp³-hybridized carbons (Fsp3) is 0.652. The molecule has 2 fully saturated rings. The second-order valence-electron chi connectivity index (χ2n) is 8.84. The van der Waals surface area contributed by atoms with Crippen LogP contribution in [0.15, 0.2) is 12.3 Å². The van der Waals surface area contributed by atoms with Gasteiger partial charge in [-0.25, -0.2) is 4.98 Å². The van der Waals surface area contributed by atoms with Gasteiger partial charge in [0.2, 0.25) is 5.91 Å². The lowest BCUT2D eigenvalue weighted by molar-refractivity contribution is -0.122. The third kappa shape index (κ3) is 4.58. The molecule has 5 rings (SSSR count). The summed E-state index contributed by atoms with van der Waals surface area (Å²) in [6.07, 6.45) is 8.73. The van der Waals surface area contributed by atoms with Crippen molar-refractivity contribution in [2.45, 2.75) is 56.6 Å². The minimum Gasteiger partial charge on any atom is -0.490 e. The Kier molecular flexibility index (Phi) is 6.41. The molecule has 3 heterocycles. The second-order valence-corrected chi connectivity index (χ2v) is 9.93. The van der Waals surface area contributed by atoms with Crippen LogP contribution in [0.1, 0.15) is 48.5 Å². The largest absolute Gasteiger partial charge is 0.490 e. The van der Waals surface area contributed by atoms with E-state index in [2.05, 4.69) is 9.88 Å². The maximum atomic E-state index is 11.0. The molecule has 1 atom stereocenters. The lowest BCUT2D eigenvalue weighted by Crippen LogP contribution is -2.46. The first-order valence-electron chi connectivity index (χ1n) is 11.4. The van der Waals surface area contributed by atoms with Crippen LogP contribution in [0.3, 0.4) is 0 Å². The summed E-state index contributed by atoms with van der Waals surface area (Å²) in [5, 5.41) is 1.16. The molecule has 2 aromatic rings. The quantitative estimate of drug-likeness (QED) is 0.705. The van der Waals surface area contributed by atoms with Crippen molar-refractivity contribution < 1.29 is 19.0 Å². The number of ether oxygens (including phenoxy) is 3. The molecule has 31 heavy (non-hydrogen) atoms. The Labute approximate surface area is 186 Å². The van der Waals surface area contributed by atoms with Crippen molar-refractivity contribution >= 4 is 27.5 Å². The van der Waals surface area contributed by atoms with Crippen molar-refractivity contribution in [2.75, 3.05) is 39.5 Å². The normalized spacial score (nSPS) is 26.8. The number of hydrogen-bond acceptors (Lipinski definition) is 7. The molecule has 0 spiro atoms. The van der Waals surface area contributed by atoms with Crippen LogP contribution in [0.4, 0.5) is 0 Å². The van der Waals surface area contributed by atoms with Gasteiger partial charge in [0.05, 0.1) is 31.3 Å². The number of amides is 1. The van der Waals surface area contributed by atoms with Crippen LogP contribution >= 0.6 is 11.3 Å². The van der Waals surface area contributed by atoms with E-state index >= 15 is 0 Å². The summed E-state index contributed by atoms with van der Waals surface area (Å²) >= 11 is 1.77. The highest BCUT2D eigenvalue weighted by Gasteiger charge is 2.32. The number of morpholine rings is 1. The number of aromatic nitrogens is 1. The van der Waals surface area contributed by atoms with Crippen LogP contribution in [0.25, 0.3) is 10.2 Å². The maximum absolute atomic E-state index is 11.0. The highest BCUT2D eigenvalue weighted by Crippen LogP contribution is 2.47. The summed E-state index contributed by atoms with van der Waals surface area (Å²) in [6.45, 7) is 4.32. The monoisotopic (exact) mass is 445 g/mol. The number of pyridine rings is 1. The molecule has 2 N–H and O–H groups in total. The molecule has 3 aliphatic rings. The molecule has 1 saturated heterocycles. The molecular formula is C23H31N3O4S. The second kappa shape index (κ2) is 9.40. The first-order valence-corrected chi connectivity index (χ1v) is 12.3. The third-order valence-corrected chi connectivity index (χ3v) is 8.03. The van der Waals surface area contributed by atoms with Crippen LogP contribution < -0.4 is 10.5 Å². The first-order chi connectivity index (χ1) is 15.2. The number of thiophene rings is 1. The highest BCUT2D eigenvalue weighted by molar-refractivity contribution is 7.19. The number of nitrogens with two attached hydrogens (primary N) is 1. The molecule has 8 heteroatoms. The summed E-state index contributed by atoms with van der Waals surface area (Å²) < 4.78 is 17.7. The van der Waals surface area contributed by atoms with Crippen molar-refractivity contribution in [1.82, 2.24) is 9.88 Å². The summed E-state index contributed by atoms with van der Waals surface area (Å²) in [7, 11) is 0. The van der Waals surface area contributed by atoms with Gasteiger partial charge < -0.3 is 19.9 Å².